The summed E-state index contributed by atoms with van der Waals surface area (Å²) in [4.78, 5) is 0. The minimum absolute atomic E-state index is 0.734. The van der Waals surface area contributed by atoms with Crippen LogP contribution in [0.3, 0.4) is 0 Å². The van der Waals surface area contributed by atoms with Gasteiger partial charge < -0.3 is 4.74 Å². The van der Waals surface area contributed by atoms with Gasteiger partial charge in [-0.05, 0) is 6.92 Å². The Bertz CT molecular complexity index is 160. The average molecular weight is 139 g/mol. The average Bonchev–Trinajstić information content (AvgIpc) is 2.41. The van der Waals surface area contributed by atoms with Gasteiger partial charge in [-0.3, -0.25) is 5.10 Å². The van der Waals surface area contributed by atoms with Gasteiger partial charge in [-0.15, -0.1) is 0 Å². The van der Waals surface area contributed by atoms with E-state index in [2.05, 4.69) is 16.3 Å². The van der Waals surface area contributed by atoms with Crippen LogP contribution in [0.5, 0.6) is 0 Å². The monoisotopic (exact) mass is 139 g/mol. The molecular formula is C7H11N2O. The molecule has 1 aromatic rings. The second kappa shape index (κ2) is 4.06. The highest BCUT2D eigenvalue weighted by Crippen LogP contribution is 1.91. The summed E-state index contributed by atoms with van der Waals surface area (Å²) >= 11 is 0. The Balaban J connectivity index is 2.15. The maximum atomic E-state index is 5.13. The van der Waals surface area contributed by atoms with Crippen LogP contribution in [0, 0.1) is 6.07 Å². The van der Waals surface area contributed by atoms with Crippen LogP contribution in [0.4, 0.5) is 0 Å². The van der Waals surface area contributed by atoms with Crippen molar-refractivity contribution in [3.8, 4) is 0 Å². The van der Waals surface area contributed by atoms with E-state index in [-0.39, 0.29) is 0 Å². The maximum Gasteiger partial charge on any atom is 0.0724 e. The molecule has 0 aliphatic carbocycles. The Morgan fingerprint density at radius 3 is 3.30 bits per heavy atom. The molecule has 1 rings (SSSR count). The number of aromatic amines is 1. The summed E-state index contributed by atoms with van der Waals surface area (Å²) in [6, 6.07) is 2.95. The van der Waals surface area contributed by atoms with Gasteiger partial charge in [0, 0.05) is 25.3 Å². The number of hydrogen-bond acceptors (Lipinski definition) is 2. The molecule has 1 N–H and O–H groups in total. The number of nitrogens with one attached hydrogen (secondary N) is 1. The SMILES string of the molecule is CCOCCc1[c]c[nH]n1. The van der Waals surface area contributed by atoms with Crippen LogP contribution in [0.25, 0.3) is 0 Å². The highest BCUT2D eigenvalue weighted by Gasteiger charge is 1.92. The van der Waals surface area contributed by atoms with Crippen molar-refractivity contribution in [3.63, 3.8) is 0 Å². The van der Waals surface area contributed by atoms with Crippen molar-refractivity contribution in [3.05, 3.63) is 18.0 Å². The molecule has 0 saturated heterocycles. The Morgan fingerprint density at radius 1 is 1.80 bits per heavy atom. The van der Waals surface area contributed by atoms with E-state index in [0.717, 1.165) is 25.3 Å². The number of rotatable bonds is 4. The summed E-state index contributed by atoms with van der Waals surface area (Å²) < 4.78 is 5.13. The van der Waals surface area contributed by atoms with Crippen molar-refractivity contribution in [2.75, 3.05) is 13.2 Å². The molecule has 0 bridgehead atoms. The van der Waals surface area contributed by atoms with Gasteiger partial charge in [-0.25, -0.2) is 0 Å². The molecule has 0 fully saturated rings. The van der Waals surface area contributed by atoms with Crippen molar-refractivity contribution in [2.24, 2.45) is 0 Å². The Kier molecular flexibility index (Phi) is 2.96. The Morgan fingerprint density at radius 2 is 2.70 bits per heavy atom. The van der Waals surface area contributed by atoms with E-state index in [0.29, 0.717) is 0 Å². The fourth-order valence-corrected chi connectivity index (χ4v) is 0.699. The molecule has 0 amide bonds. The zero-order chi connectivity index (χ0) is 7.23. The highest BCUT2D eigenvalue weighted by atomic mass is 16.5. The first kappa shape index (κ1) is 7.28. The summed E-state index contributed by atoms with van der Waals surface area (Å²) in [6.07, 6.45) is 2.54. The molecule has 0 atom stereocenters. The van der Waals surface area contributed by atoms with Crippen molar-refractivity contribution < 1.29 is 4.74 Å². The molecule has 0 aromatic carbocycles. The first-order valence-electron chi connectivity index (χ1n) is 3.41. The van der Waals surface area contributed by atoms with Gasteiger partial charge in [0.25, 0.3) is 0 Å². The molecule has 3 heteroatoms. The van der Waals surface area contributed by atoms with E-state index in [1.54, 1.807) is 6.20 Å². The van der Waals surface area contributed by atoms with E-state index in [1.807, 2.05) is 6.92 Å². The topological polar surface area (TPSA) is 37.9 Å². The predicted octanol–water partition coefficient (Wildman–Crippen LogP) is 0.789. The third kappa shape index (κ3) is 2.19. The number of H-pyrrole nitrogens is 1. The molecular weight excluding hydrogens is 128 g/mol. The van der Waals surface area contributed by atoms with Crippen LogP contribution in [-0.4, -0.2) is 23.4 Å². The van der Waals surface area contributed by atoms with Gasteiger partial charge in [0.05, 0.1) is 12.3 Å². The predicted molar refractivity (Wildman–Crippen MR) is 37.6 cm³/mol. The lowest BCUT2D eigenvalue weighted by Crippen LogP contribution is -1.97. The summed E-state index contributed by atoms with van der Waals surface area (Å²) in [5.74, 6) is 0. The van der Waals surface area contributed by atoms with Crippen LogP contribution in [0.15, 0.2) is 6.20 Å². The van der Waals surface area contributed by atoms with Gasteiger partial charge >= 0.3 is 0 Å². The fourth-order valence-electron chi connectivity index (χ4n) is 0.699. The molecule has 0 aliphatic heterocycles. The molecule has 1 radical (unpaired) electrons. The second-order valence-corrected chi connectivity index (χ2v) is 1.92. The molecule has 55 valence electrons. The summed E-state index contributed by atoms with van der Waals surface area (Å²) in [7, 11) is 0. The lowest BCUT2D eigenvalue weighted by atomic mass is 10.3. The van der Waals surface area contributed by atoms with Crippen LogP contribution in [0.2, 0.25) is 0 Å². The van der Waals surface area contributed by atoms with Gasteiger partial charge in [-0.2, -0.15) is 5.10 Å². The molecule has 1 heterocycles. The first-order chi connectivity index (χ1) is 4.93. The quantitative estimate of drug-likeness (QED) is 0.626. The van der Waals surface area contributed by atoms with E-state index >= 15 is 0 Å². The number of hydrogen-bond donors (Lipinski definition) is 1. The third-order valence-electron chi connectivity index (χ3n) is 1.19. The summed E-state index contributed by atoms with van der Waals surface area (Å²) in [6.45, 7) is 3.48. The molecule has 0 spiro atoms. The van der Waals surface area contributed by atoms with Gasteiger partial charge in [0.1, 0.15) is 0 Å². The van der Waals surface area contributed by atoms with Crippen LogP contribution >= 0.6 is 0 Å². The zero-order valence-corrected chi connectivity index (χ0v) is 6.05. The molecule has 3 nitrogen and oxygen atoms in total. The Labute approximate surface area is 60.4 Å². The Hall–Kier alpha value is -0.830. The second-order valence-electron chi connectivity index (χ2n) is 1.92. The molecule has 0 unspecified atom stereocenters. The van der Waals surface area contributed by atoms with Gasteiger partial charge in [0.15, 0.2) is 0 Å². The van der Waals surface area contributed by atoms with E-state index in [1.165, 1.54) is 0 Å². The third-order valence-corrected chi connectivity index (χ3v) is 1.19. The molecule has 1 aromatic heterocycles. The largest absolute Gasteiger partial charge is 0.381 e. The molecule has 10 heavy (non-hydrogen) atoms. The number of nitrogens with zero attached hydrogens (tertiary/aromatic N) is 1. The van der Waals surface area contributed by atoms with Crippen LogP contribution < -0.4 is 0 Å². The fraction of sp³-hybridized carbons (Fsp3) is 0.571. The minimum atomic E-state index is 0.734. The smallest absolute Gasteiger partial charge is 0.0724 e. The van der Waals surface area contributed by atoms with Gasteiger partial charge in [-0.1, -0.05) is 0 Å². The van der Waals surface area contributed by atoms with Crippen molar-refractivity contribution in [1.82, 2.24) is 10.2 Å². The molecule has 0 saturated carbocycles. The van der Waals surface area contributed by atoms with E-state index < -0.39 is 0 Å². The number of ether oxygens (including phenoxy) is 1. The maximum absolute atomic E-state index is 5.13. The lowest BCUT2D eigenvalue weighted by Gasteiger charge is -1.95. The van der Waals surface area contributed by atoms with Crippen LogP contribution in [-0.2, 0) is 11.2 Å². The summed E-state index contributed by atoms with van der Waals surface area (Å²) in [5.41, 5.74) is 0.938. The van der Waals surface area contributed by atoms with Crippen molar-refractivity contribution in [2.45, 2.75) is 13.3 Å². The minimum Gasteiger partial charge on any atom is -0.381 e. The standard InChI is InChI=1S/C7H11N2O/c1-2-10-6-4-7-3-5-8-9-7/h5H,2,4,6H2,1H3,(H,8,9). The number of aromatic nitrogens is 2. The van der Waals surface area contributed by atoms with E-state index in [4.69, 9.17) is 4.74 Å². The van der Waals surface area contributed by atoms with Crippen LogP contribution in [0.1, 0.15) is 12.6 Å². The zero-order valence-electron chi connectivity index (χ0n) is 6.05. The lowest BCUT2D eigenvalue weighted by molar-refractivity contribution is 0.150. The van der Waals surface area contributed by atoms with Crippen molar-refractivity contribution in [1.29, 1.82) is 0 Å². The molecule has 0 aliphatic rings. The first-order valence-corrected chi connectivity index (χ1v) is 3.41. The van der Waals surface area contributed by atoms with Gasteiger partial charge in [0.2, 0.25) is 0 Å². The van der Waals surface area contributed by atoms with Crippen molar-refractivity contribution >= 4 is 0 Å². The van der Waals surface area contributed by atoms with E-state index in [9.17, 15) is 0 Å². The highest BCUT2D eigenvalue weighted by molar-refractivity contribution is 4.94. The summed E-state index contributed by atoms with van der Waals surface area (Å²) in [5, 5.41) is 6.62. The normalized spacial score (nSPS) is 10.1.